The van der Waals surface area contributed by atoms with Gasteiger partial charge in [0.25, 0.3) is 0 Å². The van der Waals surface area contributed by atoms with Crippen LogP contribution in [0.4, 0.5) is 0 Å². The minimum Gasteiger partial charge on any atom is -0.504 e. The predicted octanol–water partition coefficient (Wildman–Crippen LogP) is 5.12. The molecule has 3 aromatic rings. The van der Waals surface area contributed by atoms with Gasteiger partial charge >= 0.3 is 11.9 Å². The van der Waals surface area contributed by atoms with E-state index < -0.39 is 35.7 Å². The van der Waals surface area contributed by atoms with Gasteiger partial charge in [0.2, 0.25) is 18.3 Å². The fourth-order valence-corrected chi connectivity index (χ4v) is 5.71. The van der Waals surface area contributed by atoms with Crippen LogP contribution in [-0.2, 0) is 19.1 Å². The van der Waals surface area contributed by atoms with Crippen molar-refractivity contribution in [2.24, 2.45) is 5.92 Å². The maximum atomic E-state index is 13.3. The van der Waals surface area contributed by atoms with Crippen LogP contribution in [0.15, 0.2) is 48.5 Å². The Hall–Kier alpha value is -4.90. The number of hydrogen-bond acceptors (Lipinski definition) is 11. The molecule has 0 saturated carbocycles. The Morgan fingerprint density at radius 2 is 1.66 bits per heavy atom. The van der Waals surface area contributed by atoms with Crippen molar-refractivity contribution in [3.8, 4) is 45.6 Å². The maximum absolute atomic E-state index is 13.3. The van der Waals surface area contributed by atoms with Gasteiger partial charge in [-0.2, -0.15) is 0 Å². The standard InChI is InChI=1S/C33H34O11/c1-17-28(44-24(35)13-12-19-10-8-7-9-11-19)20-14-23-29(42-16-41-23)27(36)25(20)26-21(32(33(17,3)37)43-18(2)34)15-22(38-4)30(39-5)31(26)40-6/h7-15,17,28,32,36-37H,16H2,1-6H3/b13-12+/t17-,28-,32+,33-/m0/s1. The van der Waals surface area contributed by atoms with Gasteiger partial charge < -0.3 is 43.4 Å². The molecule has 1 aliphatic carbocycles. The van der Waals surface area contributed by atoms with Crippen molar-refractivity contribution in [2.75, 3.05) is 28.1 Å². The second-order valence-electron chi connectivity index (χ2n) is 10.6. The highest BCUT2D eigenvalue weighted by atomic mass is 16.7. The number of rotatable bonds is 7. The zero-order valence-corrected chi connectivity index (χ0v) is 25.2. The topological polar surface area (TPSA) is 139 Å². The van der Waals surface area contributed by atoms with E-state index in [1.165, 1.54) is 41.3 Å². The molecule has 2 N–H and O–H groups in total. The molecule has 5 rings (SSSR count). The lowest BCUT2D eigenvalue weighted by Crippen LogP contribution is -2.46. The van der Waals surface area contributed by atoms with Gasteiger partial charge in [-0.25, -0.2) is 4.79 Å². The van der Waals surface area contributed by atoms with Gasteiger partial charge in [-0.15, -0.1) is 0 Å². The van der Waals surface area contributed by atoms with Crippen LogP contribution in [-0.4, -0.2) is 55.9 Å². The van der Waals surface area contributed by atoms with E-state index in [2.05, 4.69) is 0 Å². The molecule has 0 aromatic heterocycles. The van der Waals surface area contributed by atoms with Crippen molar-refractivity contribution < 1.29 is 53.0 Å². The third-order valence-electron chi connectivity index (χ3n) is 8.01. The highest BCUT2D eigenvalue weighted by molar-refractivity contribution is 5.90. The second-order valence-corrected chi connectivity index (χ2v) is 10.6. The highest BCUT2D eigenvalue weighted by Crippen LogP contribution is 2.61. The number of benzene rings is 3. The van der Waals surface area contributed by atoms with Crippen molar-refractivity contribution in [2.45, 2.75) is 38.6 Å². The molecule has 0 amide bonds. The van der Waals surface area contributed by atoms with Crippen LogP contribution < -0.4 is 23.7 Å². The number of hydrogen-bond donors (Lipinski definition) is 2. The quantitative estimate of drug-likeness (QED) is 0.274. The summed E-state index contributed by atoms with van der Waals surface area (Å²) in [6, 6.07) is 12.3. The van der Waals surface area contributed by atoms with Gasteiger partial charge in [-0.05, 0) is 30.7 Å². The lowest BCUT2D eigenvalue weighted by atomic mass is 9.71. The van der Waals surface area contributed by atoms with Crippen molar-refractivity contribution in [3.05, 3.63) is 65.2 Å². The van der Waals surface area contributed by atoms with Gasteiger partial charge in [0.15, 0.2) is 29.1 Å². The summed E-state index contributed by atoms with van der Waals surface area (Å²) in [7, 11) is 4.24. The van der Waals surface area contributed by atoms with Gasteiger partial charge in [-0.1, -0.05) is 37.3 Å². The van der Waals surface area contributed by atoms with Crippen LogP contribution in [0, 0.1) is 5.92 Å². The molecule has 0 spiro atoms. The molecule has 4 atom stereocenters. The molecular weight excluding hydrogens is 572 g/mol. The number of carbonyl (C=O) groups excluding carboxylic acids is 2. The fraction of sp³-hybridized carbons (Fsp3) is 0.333. The third kappa shape index (κ3) is 5.24. The number of methoxy groups -OCH3 is 3. The molecule has 1 heterocycles. The van der Waals surface area contributed by atoms with Crippen LogP contribution >= 0.6 is 0 Å². The minimum atomic E-state index is -1.86. The number of carbonyl (C=O) groups is 2. The molecule has 0 bridgehead atoms. The Labute approximate surface area is 254 Å². The van der Waals surface area contributed by atoms with E-state index in [-0.39, 0.29) is 63.5 Å². The monoisotopic (exact) mass is 606 g/mol. The molecule has 3 aromatic carbocycles. The summed E-state index contributed by atoms with van der Waals surface area (Å²) in [5.74, 6) is -1.88. The SMILES string of the molecule is COc1cc2c(c(OC)c1OC)-c1c(cc3c(c1O)OCO3)[C@@H](OC(=O)/C=C/c1ccccc1)[C@H](C)[C@](C)(O)[C@@H]2OC(C)=O. The van der Waals surface area contributed by atoms with E-state index in [4.69, 9.17) is 33.2 Å². The van der Waals surface area contributed by atoms with E-state index >= 15 is 0 Å². The number of esters is 2. The first-order chi connectivity index (χ1) is 21.0. The van der Waals surface area contributed by atoms with E-state index in [0.29, 0.717) is 0 Å². The van der Waals surface area contributed by atoms with Crippen molar-refractivity contribution >= 4 is 18.0 Å². The first kappa shape index (κ1) is 30.6. The molecule has 0 saturated heterocycles. The molecule has 44 heavy (non-hydrogen) atoms. The Morgan fingerprint density at radius 1 is 0.955 bits per heavy atom. The molecular formula is C33H34O11. The highest BCUT2D eigenvalue weighted by Gasteiger charge is 2.51. The van der Waals surface area contributed by atoms with Crippen LogP contribution in [0.5, 0.6) is 34.5 Å². The molecule has 11 nitrogen and oxygen atoms in total. The lowest BCUT2D eigenvalue weighted by Gasteiger charge is -2.43. The molecule has 232 valence electrons. The van der Waals surface area contributed by atoms with Gasteiger partial charge in [0.1, 0.15) is 11.7 Å². The summed E-state index contributed by atoms with van der Waals surface area (Å²) < 4.78 is 40.1. The van der Waals surface area contributed by atoms with E-state index in [0.717, 1.165) is 5.56 Å². The minimum absolute atomic E-state index is 0.0598. The zero-order valence-electron chi connectivity index (χ0n) is 25.2. The van der Waals surface area contributed by atoms with Crippen molar-refractivity contribution in [1.29, 1.82) is 0 Å². The number of aliphatic hydroxyl groups is 1. The molecule has 1 aliphatic heterocycles. The number of phenolic OH excluding ortho intramolecular Hbond substituents is 1. The second kappa shape index (κ2) is 12.0. The average molecular weight is 607 g/mol. The molecule has 0 radical (unpaired) electrons. The van der Waals surface area contributed by atoms with Crippen molar-refractivity contribution in [3.63, 3.8) is 0 Å². The third-order valence-corrected chi connectivity index (χ3v) is 8.01. The smallest absolute Gasteiger partial charge is 0.331 e. The van der Waals surface area contributed by atoms with Gasteiger partial charge in [0.05, 0.1) is 21.3 Å². The Bertz CT molecular complexity index is 1610. The zero-order chi connectivity index (χ0) is 31.8. The first-order valence-electron chi connectivity index (χ1n) is 13.8. The molecule has 2 aliphatic rings. The largest absolute Gasteiger partial charge is 0.504 e. The number of aromatic hydroxyl groups is 1. The van der Waals surface area contributed by atoms with E-state index in [1.807, 2.05) is 30.3 Å². The summed E-state index contributed by atoms with van der Waals surface area (Å²) in [4.78, 5) is 25.8. The Balaban J connectivity index is 1.83. The van der Waals surface area contributed by atoms with Gasteiger partial charge in [-0.3, -0.25) is 4.79 Å². The number of phenols is 1. The fourth-order valence-electron chi connectivity index (χ4n) is 5.71. The Morgan fingerprint density at radius 3 is 2.30 bits per heavy atom. The Kier molecular flexibility index (Phi) is 8.33. The number of ether oxygens (including phenoxy) is 7. The normalized spacial score (nSPS) is 21.8. The maximum Gasteiger partial charge on any atom is 0.331 e. The summed E-state index contributed by atoms with van der Waals surface area (Å²) in [6.07, 6.45) is 0.326. The van der Waals surface area contributed by atoms with Crippen LogP contribution in [0.25, 0.3) is 17.2 Å². The summed E-state index contributed by atoms with van der Waals surface area (Å²) in [5, 5.41) is 24.0. The van der Waals surface area contributed by atoms with E-state index in [1.54, 1.807) is 25.1 Å². The average Bonchev–Trinajstić information content (AvgIpc) is 3.49. The van der Waals surface area contributed by atoms with Gasteiger partial charge in [0, 0.05) is 41.2 Å². The molecule has 0 unspecified atom stereocenters. The van der Waals surface area contributed by atoms with Crippen LogP contribution in [0.2, 0.25) is 0 Å². The molecule has 11 heteroatoms. The van der Waals surface area contributed by atoms with Crippen molar-refractivity contribution in [1.82, 2.24) is 0 Å². The first-order valence-corrected chi connectivity index (χ1v) is 13.8. The summed E-state index contributed by atoms with van der Waals surface area (Å²) >= 11 is 0. The number of fused-ring (bicyclic) bond motifs is 4. The predicted molar refractivity (Wildman–Crippen MR) is 158 cm³/mol. The molecule has 0 fully saturated rings. The van der Waals surface area contributed by atoms with Crippen LogP contribution in [0.3, 0.4) is 0 Å². The summed E-state index contributed by atoms with van der Waals surface area (Å²) in [5.41, 5.74) is -0.201. The summed E-state index contributed by atoms with van der Waals surface area (Å²) in [6.45, 7) is 4.20. The van der Waals surface area contributed by atoms with Crippen LogP contribution in [0.1, 0.15) is 49.7 Å². The lowest BCUT2D eigenvalue weighted by molar-refractivity contribution is -0.182. The van der Waals surface area contributed by atoms with E-state index in [9.17, 15) is 19.8 Å².